The van der Waals surface area contributed by atoms with Crippen LogP contribution in [0, 0.1) is 11.8 Å². The molecule has 0 aromatic heterocycles. The molecule has 2 aromatic carbocycles. The summed E-state index contributed by atoms with van der Waals surface area (Å²) in [6, 6.07) is 15.1. The lowest BCUT2D eigenvalue weighted by Gasteiger charge is -2.35. The molecule has 11 nitrogen and oxygen atoms in total. The van der Waals surface area contributed by atoms with E-state index in [1.807, 2.05) is 66.7 Å². The third kappa shape index (κ3) is 6.30. The molecule has 7 atom stereocenters. The number of nitrogens with zero attached hydrogens (tertiary/aromatic N) is 3. The Kier molecular flexibility index (Phi) is 10.3. The number of allylic oxidation sites excluding steroid dienone is 1. The van der Waals surface area contributed by atoms with Crippen molar-refractivity contribution >= 4 is 51.0 Å². The molecular formula is C37H43BrN4O7. The van der Waals surface area contributed by atoms with E-state index in [9.17, 15) is 24.3 Å². The Morgan fingerprint density at radius 1 is 0.980 bits per heavy atom. The average Bonchev–Trinajstić information content (AvgIpc) is 3.69. The first-order chi connectivity index (χ1) is 23.6. The summed E-state index contributed by atoms with van der Waals surface area (Å²) >= 11 is 3.58. The SMILES string of the molecule is CCN(CC)c1ccc(N2C/C=C\CCC(=O)N[C@H](C)[C@@H](c3ccccc3)OC(=O)[C@@H]3[C@H]4O[C@@]5(C=C4Br)[C@H](C2=O)N(CCO)C(=O)[C@@H]35)cc1. The topological polar surface area (TPSA) is 129 Å². The number of hydrogen-bond acceptors (Lipinski definition) is 8. The molecule has 2 aromatic rings. The molecule has 4 aliphatic rings. The number of aliphatic hydroxyl groups is 1. The van der Waals surface area contributed by atoms with Crippen molar-refractivity contribution in [3.63, 3.8) is 0 Å². The zero-order chi connectivity index (χ0) is 34.9. The number of likely N-dealkylation sites (tertiary alicyclic amines) is 1. The summed E-state index contributed by atoms with van der Waals surface area (Å²) in [6.07, 6.45) is 4.36. The fourth-order valence-electron chi connectivity index (χ4n) is 7.74. The van der Waals surface area contributed by atoms with Gasteiger partial charge in [-0.05, 0) is 63.1 Å². The van der Waals surface area contributed by atoms with Crippen molar-refractivity contribution in [1.29, 1.82) is 0 Å². The second-order valence-corrected chi connectivity index (χ2v) is 13.8. The highest BCUT2D eigenvalue weighted by Crippen LogP contribution is 2.59. The van der Waals surface area contributed by atoms with Gasteiger partial charge in [-0.1, -0.05) is 58.4 Å². The van der Waals surface area contributed by atoms with E-state index in [1.54, 1.807) is 17.9 Å². The van der Waals surface area contributed by atoms with Crippen molar-refractivity contribution in [2.75, 3.05) is 42.6 Å². The number of amides is 3. The van der Waals surface area contributed by atoms with Crippen LogP contribution in [0.15, 0.2) is 77.3 Å². The molecule has 1 spiro atoms. The van der Waals surface area contributed by atoms with Crippen LogP contribution in [-0.2, 0) is 28.7 Å². The highest BCUT2D eigenvalue weighted by molar-refractivity contribution is 9.11. The van der Waals surface area contributed by atoms with Gasteiger partial charge in [-0.3, -0.25) is 19.2 Å². The lowest BCUT2D eigenvalue weighted by atomic mass is 9.74. The Hall–Kier alpha value is -4.00. The van der Waals surface area contributed by atoms with Gasteiger partial charge in [0.05, 0.1) is 18.6 Å². The fourth-order valence-corrected chi connectivity index (χ4v) is 8.47. The van der Waals surface area contributed by atoms with Crippen molar-refractivity contribution in [1.82, 2.24) is 10.2 Å². The Labute approximate surface area is 295 Å². The predicted molar refractivity (Wildman–Crippen MR) is 188 cm³/mol. The van der Waals surface area contributed by atoms with Gasteiger partial charge in [-0.2, -0.15) is 0 Å². The van der Waals surface area contributed by atoms with Crippen molar-refractivity contribution in [3.8, 4) is 0 Å². The first-order valence-electron chi connectivity index (χ1n) is 17.0. The second-order valence-electron chi connectivity index (χ2n) is 12.9. The minimum atomic E-state index is -1.48. The standard InChI is InChI=1S/C37H43BrN4O7/c1-4-40(5-2)25-15-17-26(18-16-25)41-19-11-7-10-14-28(44)39-23(3)31(24-12-8-6-9-13-24)48-36(47)29-30-34(45)42(20-21-43)33(35(41)46)37(30)22-27(38)32(29)49-37/h6-9,11-13,15-18,22-23,29-33,43H,4-5,10,14,19-21H2,1-3H3,(H,39,44)/b11-7-/t23-,29+,30-,31+,32+,33+,37-/m1/s1. The number of carbonyl (C=O) groups is 4. The lowest BCUT2D eigenvalue weighted by molar-refractivity contribution is -0.161. The van der Waals surface area contributed by atoms with Crippen LogP contribution in [0.3, 0.4) is 0 Å². The van der Waals surface area contributed by atoms with E-state index in [0.717, 1.165) is 18.8 Å². The summed E-state index contributed by atoms with van der Waals surface area (Å²) in [7, 11) is 0. The number of nitrogens with one attached hydrogen (secondary N) is 1. The van der Waals surface area contributed by atoms with Gasteiger partial charge in [0.1, 0.15) is 29.8 Å². The number of hydrogen-bond donors (Lipinski definition) is 2. The van der Waals surface area contributed by atoms with Crippen LogP contribution in [0.4, 0.5) is 11.4 Å². The van der Waals surface area contributed by atoms with Crippen molar-refractivity contribution in [3.05, 3.63) is 82.9 Å². The molecule has 49 heavy (non-hydrogen) atoms. The van der Waals surface area contributed by atoms with Crippen LogP contribution in [-0.4, -0.2) is 90.3 Å². The van der Waals surface area contributed by atoms with Crippen LogP contribution in [0.2, 0.25) is 0 Å². The van der Waals surface area contributed by atoms with Crippen LogP contribution >= 0.6 is 15.9 Å². The lowest BCUT2D eigenvalue weighted by Crippen LogP contribution is -2.56. The molecular weight excluding hydrogens is 692 g/mol. The fraction of sp³-hybridized carbons (Fsp3) is 0.459. The van der Waals surface area contributed by atoms with Gasteiger partial charge in [0.25, 0.3) is 5.91 Å². The number of halogens is 1. The monoisotopic (exact) mass is 734 g/mol. The van der Waals surface area contributed by atoms with E-state index in [4.69, 9.17) is 9.47 Å². The van der Waals surface area contributed by atoms with Crippen LogP contribution in [0.25, 0.3) is 0 Å². The molecule has 5 bridgehead atoms. The summed E-state index contributed by atoms with van der Waals surface area (Å²) in [5, 5.41) is 13.1. The number of fused-ring (bicyclic) bond motifs is 2. The Morgan fingerprint density at radius 2 is 1.69 bits per heavy atom. The molecule has 3 amide bonds. The summed E-state index contributed by atoms with van der Waals surface area (Å²) in [5.41, 5.74) is 0.836. The minimum Gasteiger partial charge on any atom is -0.455 e. The number of anilines is 2. The molecule has 0 aliphatic carbocycles. The molecule has 2 fully saturated rings. The zero-order valence-corrected chi connectivity index (χ0v) is 29.5. The van der Waals surface area contributed by atoms with E-state index in [2.05, 4.69) is 40.0 Å². The number of benzene rings is 2. The third-order valence-corrected chi connectivity index (χ3v) is 10.7. The number of ether oxygens (including phenoxy) is 2. The molecule has 4 heterocycles. The van der Waals surface area contributed by atoms with Crippen LogP contribution < -0.4 is 15.1 Å². The maximum Gasteiger partial charge on any atom is 0.313 e. The van der Waals surface area contributed by atoms with Gasteiger partial charge in [-0.15, -0.1) is 0 Å². The highest BCUT2D eigenvalue weighted by atomic mass is 79.9. The van der Waals surface area contributed by atoms with Gasteiger partial charge in [0.2, 0.25) is 11.8 Å². The molecule has 0 radical (unpaired) electrons. The molecule has 4 aliphatic heterocycles. The molecule has 260 valence electrons. The van der Waals surface area contributed by atoms with Crippen LogP contribution in [0.5, 0.6) is 0 Å². The maximum atomic E-state index is 14.9. The summed E-state index contributed by atoms with van der Waals surface area (Å²) in [6.45, 7) is 7.26. The molecule has 2 N–H and O–H groups in total. The van der Waals surface area contributed by atoms with E-state index in [0.29, 0.717) is 22.2 Å². The van der Waals surface area contributed by atoms with Crippen molar-refractivity contribution < 1.29 is 33.8 Å². The number of carbonyl (C=O) groups excluding carboxylic acids is 4. The largest absolute Gasteiger partial charge is 0.455 e. The molecule has 6 rings (SSSR count). The first-order valence-corrected chi connectivity index (χ1v) is 17.8. The first kappa shape index (κ1) is 34.8. The van der Waals surface area contributed by atoms with Gasteiger partial charge >= 0.3 is 5.97 Å². The molecule has 12 heteroatoms. The Balaban J connectivity index is 1.44. The maximum absolute atomic E-state index is 14.9. The number of β-amino-alcohol motifs (C(OH)–C–C–N with tert-alkyl or cyclic N) is 1. The number of esters is 1. The van der Waals surface area contributed by atoms with E-state index in [1.165, 1.54) is 4.90 Å². The highest BCUT2D eigenvalue weighted by Gasteiger charge is 2.75. The second kappa shape index (κ2) is 14.5. The van der Waals surface area contributed by atoms with Crippen molar-refractivity contribution in [2.24, 2.45) is 11.8 Å². The Morgan fingerprint density at radius 3 is 2.37 bits per heavy atom. The average molecular weight is 736 g/mol. The van der Waals surface area contributed by atoms with Crippen molar-refractivity contribution in [2.45, 2.75) is 63.5 Å². The van der Waals surface area contributed by atoms with E-state index >= 15 is 0 Å². The Bertz CT molecular complexity index is 1630. The number of aliphatic hydroxyl groups excluding tert-OH is 1. The van der Waals surface area contributed by atoms with Gasteiger partial charge < -0.3 is 34.6 Å². The van der Waals surface area contributed by atoms with E-state index < -0.39 is 59.5 Å². The summed E-state index contributed by atoms with van der Waals surface area (Å²) in [4.78, 5) is 61.7. The summed E-state index contributed by atoms with van der Waals surface area (Å²) < 4.78 is 13.3. The minimum absolute atomic E-state index is 0.116. The zero-order valence-electron chi connectivity index (χ0n) is 28.0. The normalized spacial score (nSPS) is 30.9. The molecule has 0 saturated carbocycles. The smallest absolute Gasteiger partial charge is 0.313 e. The number of rotatable bonds is 7. The predicted octanol–water partition coefficient (Wildman–Crippen LogP) is 3.87. The molecule has 2 saturated heterocycles. The van der Waals surface area contributed by atoms with Gasteiger partial charge in [0, 0.05) is 48.5 Å². The van der Waals surface area contributed by atoms with E-state index in [-0.39, 0.29) is 32.0 Å². The number of cyclic esters (lactones) is 1. The van der Waals surface area contributed by atoms with Gasteiger partial charge in [-0.25, -0.2) is 0 Å². The quantitative estimate of drug-likeness (QED) is 0.324. The molecule has 0 unspecified atom stereocenters. The summed E-state index contributed by atoms with van der Waals surface area (Å²) in [5.74, 6) is -3.88. The third-order valence-electron chi connectivity index (χ3n) is 10.0. The van der Waals surface area contributed by atoms with Crippen LogP contribution in [0.1, 0.15) is 45.3 Å². The van der Waals surface area contributed by atoms with Gasteiger partial charge in [0.15, 0.2) is 0 Å².